The lowest BCUT2D eigenvalue weighted by Gasteiger charge is -2.08. The first-order valence-corrected chi connectivity index (χ1v) is 6.34. The first-order valence-electron chi connectivity index (χ1n) is 6.34. The summed E-state index contributed by atoms with van der Waals surface area (Å²) >= 11 is 0. The number of aromatic nitrogens is 2. The fourth-order valence-electron chi connectivity index (χ4n) is 1.96. The lowest BCUT2D eigenvalue weighted by atomic mass is 10.1. The summed E-state index contributed by atoms with van der Waals surface area (Å²) in [6.45, 7) is 7.98. The van der Waals surface area contributed by atoms with Gasteiger partial charge in [0.05, 0.1) is 12.3 Å². The molecule has 0 saturated carbocycles. The minimum atomic E-state index is 0.647. The van der Waals surface area contributed by atoms with Gasteiger partial charge in [0.25, 0.3) is 0 Å². The summed E-state index contributed by atoms with van der Waals surface area (Å²) in [6, 6.07) is 0. The van der Waals surface area contributed by atoms with Crippen molar-refractivity contribution < 1.29 is 4.74 Å². The lowest BCUT2D eigenvalue weighted by Crippen LogP contribution is -2.03. The van der Waals surface area contributed by atoms with E-state index in [0.717, 1.165) is 30.5 Å². The summed E-state index contributed by atoms with van der Waals surface area (Å²) in [6.07, 6.45) is 2.36. The van der Waals surface area contributed by atoms with E-state index in [4.69, 9.17) is 4.74 Å². The summed E-state index contributed by atoms with van der Waals surface area (Å²) in [4.78, 5) is 0. The van der Waals surface area contributed by atoms with Crippen molar-refractivity contribution in [3.8, 4) is 0 Å². The fourth-order valence-corrected chi connectivity index (χ4v) is 1.96. The lowest BCUT2D eigenvalue weighted by molar-refractivity contribution is 0.115. The summed E-state index contributed by atoms with van der Waals surface area (Å²) in [5.74, 6) is 1.80. The highest BCUT2D eigenvalue weighted by Gasteiger charge is 2.11. The van der Waals surface area contributed by atoms with Crippen molar-refractivity contribution in [3.63, 3.8) is 0 Å². The van der Waals surface area contributed by atoms with Crippen LogP contribution in [0.4, 0.5) is 5.82 Å². The van der Waals surface area contributed by atoms with Crippen LogP contribution < -0.4 is 5.32 Å². The zero-order chi connectivity index (χ0) is 12.8. The van der Waals surface area contributed by atoms with Crippen molar-refractivity contribution in [1.29, 1.82) is 0 Å². The largest absolute Gasteiger partial charge is 0.377 e. The molecule has 0 fully saturated rings. The van der Waals surface area contributed by atoms with Gasteiger partial charge in [0.2, 0.25) is 0 Å². The van der Waals surface area contributed by atoms with E-state index in [1.54, 1.807) is 0 Å². The number of anilines is 1. The molecule has 0 aliphatic carbocycles. The third kappa shape index (κ3) is 4.04. The second-order valence-electron chi connectivity index (χ2n) is 4.87. The Kier molecular flexibility index (Phi) is 5.48. The Bertz CT molecular complexity index is 345. The fraction of sp³-hybridized carbons (Fsp3) is 0.769. The SMILES string of the molecule is CNc1c(COCCCC(C)C)c(C)nn1C. The van der Waals surface area contributed by atoms with Gasteiger partial charge in [0.15, 0.2) is 0 Å². The molecule has 0 unspecified atom stereocenters. The average molecular weight is 239 g/mol. The summed E-state index contributed by atoms with van der Waals surface area (Å²) in [7, 11) is 3.86. The van der Waals surface area contributed by atoms with Gasteiger partial charge in [-0.15, -0.1) is 0 Å². The molecule has 0 amide bonds. The third-order valence-corrected chi connectivity index (χ3v) is 2.90. The van der Waals surface area contributed by atoms with Crippen molar-refractivity contribution in [2.45, 2.75) is 40.2 Å². The van der Waals surface area contributed by atoms with Crippen LogP contribution in [0, 0.1) is 12.8 Å². The highest BCUT2D eigenvalue weighted by atomic mass is 16.5. The van der Waals surface area contributed by atoms with E-state index < -0.39 is 0 Å². The first-order chi connectivity index (χ1) is 8.06. The van der Waals surface area contributed by atoms with Crippen LogP contribution in [0.5, 0.6) is 0 Å². The molecule has 1 heterocycles. The van der Waals surface area contributed by atoms with E-state index in [-0.39, 0.29) is 0 Å². The third-order valence-electron chi connectivity index (χ3n) is 2.90. The highest BCUT2D eigenvalue weighted by molar-refractivity contribution is 5.46. The number of nitrogens with one attached hydrogen (secondary N) is 1. The smallest absolute Gasteiger partial charge is 0.129 e. The van der Waals surface area contributed by atoms with E-state index >= 15 is 0 Å². The molecule has 0 aliphatic heterocycles. The van der Waals surface area contributed by atoms with Crippen molar-refractivity contribution in [2.75, 3.05) is 19.0 Å². The number of nitrogens with zero attached hydrogens (tertiary/aromatic N) is 2. The van der Waals surface area contributed by atoms with Gasteiger partial charge in [-0.3, -0.25) is 4.68 Å². The monoisotopic (exact) mass is 239 g/mol. The number of rotatable bonds is 7. The maximum atomic E-state index is 5.71. The van der Waals surface area contributed by atoms with Crippen LogP contribution >= 0.6 is 0 Å². The molecule has 1 aromatic rings. The van der Waals surface area contributed by atoms with Crippen LogP contribution in [-0.2, 0) is 18.4 Å². The molecular formula is C13H25N3O. The normalized spacial score (nSPS) is 11.2. The van der Waals surface area contributed by atoms with Gasteiger partial charge in [-0.25, -0.2) is 0 Å². The molecule has 0 aliphatic rings. The molecule has 4 heteroatoms. The van der Waals surface area contributed by atoms with Gasteiger partial charge < -0.3 is 10.1 Å². The van der Waals surface area contributed by atoms with Crippen LogP contribution in [0.2, 0.25) is 0 Å². The van der Waals surface area contributed by atoms with Gasteiger partial charge in [0.1, 0.15) is 5.82 Å². The number of hydrogen-bond donors (Lipinski definition) is 1. The molecule has 0 spiro atoms. The van der Waals surface area contributed by atoms with E-state index in [0.29, 0.717) is 6.61 Å². The Morgan fingerprint density at radius 1 is 1.41 bits per heavy atom. The standard InChI is InChI=1S/C13H25N3O/c1-10(2)7-6-8-17-9-12-11(3)15-16(5)13(12)14-4/h10,14H,6-9H2,1-5H3. The van der Waals surface area contributed by atoms with Gasteiger partial charge in [-0.05, 0) is 25.7 Å². The first kappa shape index (κ1) is 14.0. The summed E-state index contributed by atoms with van der Waals surface area (Å²) in [5, 5.41) is 7.55. The summed E-state index contributed by atoms with van der Waals surface area (Å²) < 4.78 is 7.58. The van der Waals surface area contributed by atoms with Gasteiger partial charge in [0, 0.05) is 26.3 Å². The predicted molar refractivity (Wildman–Crippen MR) is 71.2 cm³/mol. The second kappa shape index (κ2) is 6.64. The van der Waals surface area contributed by atoms with E-state index in [1.165, 1.54) is 12.0 Å². The Morgan fingerprint density at radius 3 is 2.71 bits per heavy atom. The zero-order valence-electron chi connectivity index (χ0n) is 11.7. The Labute approximate surface area is 104 Å². The highest BCUT2D eigenvalue weighted by Crippen LogP contribution is 2.19. The number of ether oxygens (including phenoxy) is 1. The molecule has 17 heavy (non-hydrogen) atoms. The minimum absolute atomic E-state index is 0.647. The topological polar surface area (TPSA) is 39.1 Å². The minimum Gasteiger partial charge on any atom is -0.377 e. The molecule has 0 saturated heterocycles. The molecule has 98 valence electrons. The van der Waals surface area contributed by atoms with Crippen molar-refractivity contribution in [2.24, 2.45) is 13.0 Å². The Hall–Kier alpha value is -1.03. The predicted octanol–water partition coefficient (Wildman–Crippen LogP) is 2.72. The van der Waals surface area contributed by atoms with E-state index in [2.05, 4.69) is 24.3 Å². The maximum absolute atomic E-state index is 5.71. The Morgan fingerprint density at radius 2 is 2.12 bits per heavy atom. The van der Waals surface area contributed by atoms with E-state index in [1.807, 2.05) is 25.7 Å². The maximum Gasteiger partial charge on any atom is 0.129 e. The second-order valence-corrected chi connectivity index (χ2v) is 4.87. The van der Waals surface area contributed by atoms with Crippen LogP contribution in [0.1, 0.15) is 37.9 Å². The molecule has 0 radical (unpaired) electrons. The summed E-state index contributed by atoms with van der Waals surface area (Å²) in [5.41, 5.74) is 2.21. The molecule has 0 bridgehead atoms. The molecule has 1 aromatic heterocycles. The van der Waals surface area contributed by atoms with Crippen LogP contribution in [0.15, 0.2) is 0 Å². The van der Waals surface area contributed by atoms with Crippen LogP contribution in [0.25, 0.3) is 0 Å². The molecule has 0 aromatic carbocycles. The number of aryl methyl sites for hydroxylation is 2. The van der Waals surface area contributed by atoms with Crippen molar-refractivity contribution in [3.05, 3.63) is 11.3 Å². The molecule has 1 N–H and O–H groups in total. The molecular weight excluding hydrogens is 214 g/mol. The molecule has 0 atom stereocenters. The number of hydrogen-bond acceptors (Lipinski definition) is 3. The van der Waals surface area contributed by atoms with Crippen molar-refractivity contribution in [1.82, 2.24) is 9.78 Å². The van der Waals surface area contributed by atoms with Crippen molar-refractivity contribution >= 4 is 5.82 Å². The molecule has 4 nitrogen and oxygen atoms in total. The van der Waals surface area contributed by atoms with Gasteiger partial charge in [-0.1, -0.05) is 13.8 Å². The molecule has 1 rings (SSSR count). The van der Waals surface area contributed by atoms with Crippen LogP contribution in [0.3, 0.4) is 0 Å². The van der Waals surface area contributed by atoms with Gasteiger partial charge in [-0.2, -0.15) is 5.10 Å². The van der Waals surface area contributed by atoms with Gasteiger partial charge >= 0.3 is 0 Å². The Balaban J connectivity index is 2.41. The quantitative estimate of drug-likeness (QED) is 0.744. The zero-order valence-corrected chi connectivity index (χ0v) is 11.7. The average Bonchev–Trinajstić information content (AvgIpc) is 2.52. The van der Waals surface area contributed by atoms with E-state index in [9.17, 15) is 0 Å². The van der Waals surface area contributed by atoms with Crippen LogP contribution in [-0.4, -0.2) is 23.4 Å².